The fourth-order valence-corrected chi connectivity index (χ4v) is 3.16. The van der Waals surface area contributed by atoms with Gasteiger partial charge in [-0.1, -0.05) is 0 Å². The summed E-state index contributed by atoms with van der Waals surface area (Å²) >= 11 is 0. The van der Waals surface area contributed by atoms with Gasteiger partial charge in [0.05, 0.1) is 29.7 Å². The van der Waals surface area contributed by atoms with Crippen LogP contribution in [-0.4, -0.2) is 41.9 Å². The predicted octanol–water partition coefficient (Wildman–Crippen LogP) is 2.75. The maximum Gasteiger partial charge on any atom is 0.433 e. The second kappa shape index (κ2) is 9.27. The zero-order valence-corrected chi connectivity index (χ0v) is 17.4. The number of nitrogens with zero attached hydrogens (tertiary/aromatic N) is 5. The molecule has 2 N–H and O–H groups in total. The number of alkyl halides is 3. The molecule has 4 rings (SSSR count). The molecule has 4 aromatic heterocycles. The van der Waals surface area contributed by atoms with Crippen LogP contribution >= 0.6 is 0 Å². The summed E-state index contributed by atoms with van der Waals surface area (Å²) in [7, 11) is 0. The van der Waals surface area contributed by atoms with Crippen molar-refractivity contribution >= 4 is 11.7 Å². The summed E-state index contributed by atoms with van der Waals surface area (Å²) < 4.78 is 42.8. The number of aliphatic hydroxyl groups is 1. The molecule has 12 heteroatoms. The first kappa shape index (κ1) is 22.9. The van der Waals surface area contributed by atoms with Crippen molar-refractivity contribution in [2.75, 3.05) is 11.9 Å². The standard InChI is InChI=1S/C22H17F3N6O3/c23-22(24,25)18-10-17(14-2-1-7-26-11-14)29-31(18)16-4-5-19(27-12-16)28-21(34)15-3-6-20(33)30(13-15)8-9-32/h1-7,10-13,32H,8-9H2,(H,27,28,34). The van der Waals surface area contributed by atoms with Crippen molar-refractivity contribution in [3.8, 4) is 16.9 Å². The number of carbonyl (C=O) groups excluding carboxylic acids is 1. The zero-order valence-electron chi connectivity index (χ0n) is 17.4. The van der Waals surface area contributed by atoms with Gasteiger partial charge in [-0.25, -0.2) is 9.67 Å². The van der Waals surface area contributed by atoms with Crippen LogP contribution < -0.4 is 10.9 Å². The normalized spacial score (nSPS) is 11.4. The van der Waals surface area contributed by atoms with Crippen LogP contribution in [0, 0.1) is 0 Å². The molecule has 0 saturated carbocycles. The summed E-state index contributed by atoms with van der Waals surface area (Å²) in [6.07, 6.45) is 0.688. The minimum Gasteiger partial charge on any atom is -0.395 e. The van der Waals surface area contributed by atoms with Gasteiger partial charge < -0.3 is 15.0 Å². The minimum absolute atomic E-state index is 0.0271. The summed E-state index contributed by atoms with van der Waals surface area (Å²) in [5.74, 6) is -0.497. The first-order chi connectivity index (χ1) is 16.3. The lowest BCUT2D eigenvalue weighted by molar-refractivity contribution is -0.142. The number of nitrogens with one attached hydrogen (secondary N) is 1. The van der Waals surface area contributed by atoms with Gasteiger partial charge in [-0.3, -0.25) is 14.6 Å². The smallest absolute Gasteiger partial charge is 0.395 e. The maximum atomic E-state index is 13.6. The number of hydrogen-bond acceptors (Lipinski definition) is 6. The number of halogens is 3. The molecule has 4 aromatic rings. The summed E-state index contributed by atoms with van der Waals surface area (Å²) in [5, 5.41) is 15.6. The van der Waals surface area contributed by atoms with Crippen LogP contribution in [0.15, 0.2) is 72.0 Å². The Hall–Kier alpha value is -4.32. The molecule has 0 aliphatic carbocycles. The molecule has 1 amide bonds. The van der Waals surface area contributed by atoms with Gasteiger partial charge in [-0.15, -0.1) is 0 Å². The van der Waals surface area contributed by atoms with Crippen LogP contribution in [0.4, 0.5) is 19.0 Å². The molecule has 0 aromatic carbocycles. The first-order valence-corrected chi connectivity index (χ1v) is 9.93. The quantitative estimate of drug-likeness (QED) is 0.448. The van der Waals surface area contributed by atoms with Crippen LogP contribution in [0.25, 0.3) is 16.9 Å². The molecule has 34 heavy (non-hydrogen) atoms. The van der Waals surface area contributed by atoms with E-state index in [-0.39, 0.29) is 41.5 Å². The van der Waals surface area contributed by atoms with E-state index in [1.54, 1.807) is 12.1 Å². The van der Waals surface area contributed by atoms with E-state index in [0.717, 1.165) is 16.9 Å². The van der Waals surface area contributed by atoms with Crippen molar-refractivity contribution in [2.24, 2.45) is 0 Å². The highest BCUT2D eigenvalue weighted by molar-refractivity contribution is 6.03. The number of rotatable bonds is 6. The summed E-state index contributed by atoms with van der Waals surface area (Å²) in [5.41, 5.74) is -0.667. The lowest BCUT2D eigenvalue weighted by atomic mass is 10.2. The Balaban J connectivity index is 1.59. The van der Waals surface area contributed by atoms with E-state index in [9.17, 15) is 22.8 Å². The zero-order chi connectivity index (χ0) is 24.3. The number of carbonyl (C=O) groups is 1. The molecule has 0 aliphatic heterocycles. The lowest BCUT2D eigenvalue weighted by Gasteiger charge is -2.11. The summed E-state index contributed by atoms with van der Waals surface area (Å²) in [4.78, 5) is 32.1. The molecule has 0 atom stereocenters. The summed E-state index contributed by atoms with van der Waals surface area (Å²) in [6, 6.07) is 9.30. The molecule has 174 valence electrons. The van der Waals surface area contributed by atoms with Crippen molar-refractivity contribution in [3.63, 3.8) is 0 Å². The van der Waals surface area contributed by atoms with Crippen LogP contribution in [0.1, 0.15) is 16.1 Å². The van der Waals surface area contributed by atoms with E-state index in [1.807, 2.05) is 0 Å². The monoisotopic (exact) mass is 470 g/mol. The van der Waals surface area contributed by atoms with Gasteiger partial charge in [0.1, 0.15) is 11.5 Å². The molecule has 0 spiro atoms. The highest BCUT2D eigenvalue weighted by Gasteiger charge is 2.36. The number of hydrogen-bond donors (Lipinski definition) is 2. The van der Waals surface area contributed by atoms with Crippen molar-refractivity contribution in [1.82, 2.24) is 24.3 Å². The minimum atomic E-state index is -4.67. The molecule has 0 fully saturated rings. The molecular formula is C22H17F3N6O3. The topological polar surface area (TPSA) is 115 Å². The van der Waals surface area contributed by atoms with Crippen molar-refractivity contribution in [1.29, 1.82) is 0 Å². The van der Waals surface area contributed by atoms with Crippen molar-refractivity contribution in [3.05, 3.63) is 88.9 Å². The van der Waals surface area contributed by atoms with Gasteiger partial charge in [0.25, 0.3) is 11.5 Å². The van der Waals surface area contributed by atoms with Gasteiger partial charge in [0.2, 0.25) is 0 Å². The van der Waals surface area contributed by atoms with E-state index in [1.165, 1.54) is 47.4 Å². The Kier molecular flexibility index (Phi) is 6.23. The Morgan fingerprint density at radius 3 is 2.59 bits per heavy atom. The van der Waals surface area contributed by atoms with E-state index in [4.69, 9.17) is 5.11 Å². The second-order valence-corrected chi connectivity index (χ2v) is 7.09. The number of aliphatic hydroxyl groups excluding tert-OH is 1. The van der Waals surface area contributed by atoms with Crippen LogP contribution in [0.3, 0.4) is 0 Å². The third kappa shape index (κ3) is 4.86. The Morgan fingerprint density at radius 2 is 1.94 bits per heavy atom. The van der Waals surface area contributed by atoms with Crippen LogP contribution in [0.5, 0.6) is 0 Å². The molecule has 0 radical (unpaired) electrons. The van der Waals surface area contributed by atoms with Gasteiger partial charge >= 0.3 is 6.18 Å². The second-order valence-electron chi connectivity index (χ2n) is 7.09. The third-order valence-corrected chi connectivity index (χ3v) is 4.78. The molecule has 4 heterocycles. The van der Waals surface area contributed by atoms with Gasteiger partial charge in [-0.05, 0) is 36.4 Å². The number of aromatic nitrogens is 5. The Bertz CT molecular complexity index is 1370. The Morgan fingerprint density at radius 1 is 1.12 bits per heavy atom. The van der Waals surface area contributed by atoms with E-state index >= 15 is 0 Å². The van der Waals surface area contributed by atoms with Crippen molar-refractivity contribution < 1.29 is 23.1 Å². The summed E-state index contributed by atoms with van der Waals surface area (Å²) in [6.45, 7) is -0.247. The van der Waals surface area contributed by atoms with Gasteiger partial charge in [-0.2, -0.15) is 18.3 Å². The fourth-order valence-electron chi connectivity index (χ4n) is 3.16. The highest BCUT2D eigenvalue weighted by atomic mass is 19.4. The van der Waals surface area contributed by atoms with Crippen LogP contribution in [-0.2, 0) is 12.7 Å². The average Bonchev–Trinajstić information content (AvgIpc) is 3.28. The van der Waals surface area contributed by atoms with Crippen LogP contribution in [0.2, 0.25) is 0 Å². The van der Waals surface area contributed by atoms with E-state index in [0.29, 0.717) is 5.56 Å². The molecule has 0 unspecified atom stereocenters. The number of anilines is 1. The number of pyridine rings is 3. The fraction of sp³-hybridized carbons (Fsp3) is 0.136. The van der Waals surface area contributed by atoms with E-state index < -0.39 is 17.8 Å². The number of amides is 1. The molecule has 0 bridgehead atoms. The molecule has 9 nitrogen and oxygen atoms in total. The lowest BCUT2D eigenvalue weighted by Crippen LogP contribution is -2.23. The molecule has 0 aliphatic rings. The highest BCUT2D eigenvalue weighted by Crippen LogP contribution is 2.33. The molecular weight excluding hydrogens is 453 g/mol. The SMILES string of the molecule is O=C(Nc1ccc(-n2nc(-c3cccnc3)cc2C(F)(F)F)cn1)c1ccc(=O)n(CCO)c1. The Labute approximate surface area is 190 Å². The first-order valence-electron chi connectivity index (χ1n) is 9.93. The largest absolute Gasteiger partial charge is 0.433 e. The average molecular weight is 470 g/mol. The predicted molar refractivity (Wildman–Crippen MR) is 115 cm³/mol. The van der Waals surface area contributed by atoms with Crippen molar-refractivity contribution in [2.45, 2.75) is 12.7 Å². The third-order valence-electron chi connectivity index (χ3n) is 4.78. The van der Waals surface area contributed by atoms with Gasteiger partial charge in [0.15, 0.2) is 0 Å². The maximum absolute atomic E-state index is 13.6. The van der Waals surface area contributed by atoms with Gasteiger partial charge in [0, 0.05) is 36.8 Å². The van der Waals surface area contributed by atoms with E-state index in [2.05, 4.69) is 20.4 Å². The molecule has 0 saturated heterocycles.